The smallest absolute Gasteiger partial charge is 0.122 e. The molecule has 3 aromatic rings. The quantitative estimate of drug-likeness (QED) is 0.597. The van der Waals surface area contributed by atoms with Crippen LogP contribution in [-0.4, -0.2) is 18.1 Å². The lowest BCUT2D eigenvalue weighted by Gasteiger charge is -2.36. The summed E-state index contributed by atoms with van der Waals surface area (Å²) in [4.78, 5) is 2.65. The van der Waals surface area contributed by atoms with Crippen molar-refractivity contribution in [3.05, 3.63) is 101 Å². The van der Waals surface area contributed by atoms with Crippen LogP contribution in [0, 0.1) is 0 Å². The van der Waals surface area contributed by atoms with Gasteiger partial charge in [0.15, 0.2) is 0 Å². The zero-order valence-corrected chi connectivity index (χ0v) is 16.0. The zero-order valence-electron chi connectivity index (χ0n) is 16.0. The number of fused-ring (bicyclic) bond motifs is 1. The highest BCUT2D eigenvalue weighted by molar-refractivity contribution is 5.42. The van der Waals surface area contributed by atoms with E-state index >= 15 is 0 Å². The van der Waals surface area contributed by atoms with E-state index in [9.17, 15) is 0 Å². The third-order valence-corrected chi connectivity index (χ3v) is 5.61. The van der Waals surface area contributed by atoms with Crippen molar-refractivity contribution in [3.63, 3.8) is 0 Å². The number of hydrogen-bond acceptors (Lipinski definition) is 2. The maximum atomic E-state index is 5.59. The van der Waals surface area contributed by atoms with Crippen LogP contribution in [-0.2, 0) is 25.9 Å². The maximum absolute atomic E-state index is 5.59. The first-order valence-corrected chi connectivity index (χ1v) is 9.80. The third kappa shape index (κ3) is 4.23. The Hall–Kier alpha value is -2.58. The Labute approximate surface area is 162 Å². The first-order valence-electron chi connectivity index (χ1n) is 9.80. The van der Waals surface area contributed by atoms with Crippen LogP contribution in [0.15, 0.2) is 78.9 Å². The van der Waals surface area contributed by atoms with Gasteiger partial charge in [-0.1, -0.05) is 72.8 Å². The van der Waals surface area contributed by atoms with E-state index in [1.807, 2.05) is 0 Å². The van der Waals surface area contributed by atoms with Crippen LogP contribution in [0.3, 0.4) is 0 Å². The molecular formula is C25H27NO. The highest BCUT2D eigenvalue weighted by Gasteiger charge is 2.26. The Morgan fingerprint density at radius 3 is 2.04 bits per heavy atom. The molecule has 0 radical (unpaired) electrons. The molecule has 2 nitrogen and oxygen atoms in total. The van der Waals surface area contributed by atoms with Crippen LogP contribution in [0.1, 0.15) is 28.7 Å². The lowest BCUT2D eigenvalue weighted by atomic mass is 9.86. The monoisotopic (exact) mass is 357 g/mol. The molecule has 3 aromatic carbocycles. The van der Waals surface area contributed by atoms with Gasteiger partial charge < -0.3 is 4.74 Å². The van der Waals surface area contributed by atoms with Crippen molar-refractivity contribution in [2.75, 3.05) is 7.11 Å². The largest absolute Gasteiger partial charge is 0.496 e. The third-order valence-electron chi connectivity index (χ3n) is 5.61. The Kier molecular flexibility index (Phi) is 5.55. The van der Waals surface area contributed by atoms with Gasteiger partial charge >= 0.3 is 0 Å². The summed E-state index contributed by atoms with van der Waals surface area (Å²) in [5, 5.41) is 0. The van der Waals surface area contributed by atoms with Crippen LogP contribution in [0.25, 0.3) is 0 Å². The Balaban J connectivity index is 1.58. The van der Waals surface area contributed by atoms with Crippen LogP contribution < -0.4 is 4.74 Å². The van der Waals surface area contributed by atoms with Gasteiger partial charge in [0.05, 0.1) is 7.11 Å². The molecule has 0 amide bonds. The summed E-state index contributed by atoms with van der Waals surface area (Å²) in [6.45, 7) is 1.97. The summed E-state index contributed by atoms with van der Waals surface area (Å²) in [6, 6.07) is 28.7. The molecule has 0 aliphatic heterocycles. The Morgan fingerprint density at radius 2 is 1.44 bits per heavy atom. The first-order chi connectivity index (χ1) is 13.3. The van der Waals surface area contributed by atoms with Crippen molar-refractivity contribution in [2.45, 2.75) is 38.4 Å². The molecule has 27 heavy (non-hydrogen) atoms. The number of rotatable bonds is 6. The molecule has 0 spiro atoms. The second kappa shape index (κ2) is 8.41. The van der Waals surface area contributed by atoms with Gasteiger partial charge in [-0.25, -0.2) is 0 Å². The van der Waals surface area contributed by atoms with Crippen molar-refractivity contribution in [1.29, 1.82) is 0 Å². The molecule has 1 aliphatic carbocycles. The fourth-order valence-corrected chi connectivity index (χ4v) is 4.21. The van der Waals surface area contributed by atoms with Crippen LogP contribution in [0.4, 0.5) is 0 Å². The van der Waals surface area contributed by atoms with Crippen molar-refractivity contribution in [3.8, 4) is 5.75 Å². The molecule has 0 bridgehead atoms. The van der Waals surface area contributed by atoms with Gasteiger partial charge in [-0.05, 0) is 47.6 Å². The molecule has 0 saturated carbocycles. The lowest BCUT2D eigenvalue weighted by molar-refractivity contribution is 0.161. The fourth-order valence-electron chi connectivity index (χ4n) is 4.21. The van der Waals surface area contributed by atoms with Crippen LogP contribution in [0.2, 0.25) is 0 Å². The van der Waals surface area contributed by atoms with Gasteiger partial charge in [0, 0.05) is 19.1 Å². The van der Waals surface area contributed by atoms with Crippen LogP contribution in [0.5, 0.6) is 5.75 Å². The van der Waals surface area contributed by atoms with Crippen molar-refractivity contribution in [1.82, 2.24) is 4.90 Å². The number of benzene rings is 3. The molecule has 1 aliphatic rings. The van der Waals surface area contributed by atoms with Crippen molar-refractivity contribution < 1.29 is 4.74 Å². The predicted molar refractivity (Wildman–Crippen MR) is 111 cm³/mol. The Morgan fingerprint density at radius 1 is 0.815 bits per heavy atom. The first kappa shape index (κ1) is 17.8. The van der Waals surface area contributed by atoms with E-state index in [0.29, 0.717) is 6.04 Å². The van der Waals surface area contributed by atoms with Crippen molar-refractivity contribution in [2.24, 2.45) is 0 Å². The number of hydrogen-bond donors (Lipinski definition) is 0. The van der Waals surface area contributed by atoms with Crippen molar-refractivity contribution >= 4 is 0 Å². The normalized spacial score (nSPS) is 16.1. The average molecular weight is 357 g/mol. The minimum atomic E-state index is 0.546. The van der Waals surface area contributed by atoms with Gasteiger partial charge in [0.2, 0.25) is 0 Å². The molecule has 0 unspecified atom stereocenters. The van der Waals surface area contributed by atoms with Gasteiger partial charge in [-0.3, -0.25) is 4.90 Å². The average Bonchev–Trinajstić information content (AvgIpc) is 2.74. The SMILES string of the molecule is COc1cccc2c1CC[C@@H](N(Cc1ccccc1)Cc1ccccc1)C2. The summed E-state index contributed by atoms with van der Waals surface area (Å²) in [6.07, 6.45) is 3.35. The van der Waals surface area contributed by atoms with E-state index < -0.39 is 0 Å². The molecule has 0 saturated heterocycles. The highest BCUT2D eigenvalue weighted by Crippen LogP contribution is 2.32. The van der Waals surface area contributed by atoms with E-state index in [1.54, 1.807) is 7.11 Å². The summed E-state index contributed by atoms with van der Waals surface area (Å²) in [5.74, 6) is 1.05. The number of nitrogens with zero attached hydrogens (tertiary/aromatic N) is 1. The van der Waals surface area contributed by atoms with E-state index in [0.717, 1.165) is 31.7 Å². The Bertz CT molecular complexity index is 819. The zero-order chi connectivity index (χ0) is 18.5. The molecule has 0 aromatic heterocycles. The molecule has 0 fully saturated rings. The molecule has 4 rings (SSSR count). The van der Waals surface area contributed by atoms with E-state index in [2.05, 4.69) is 83.8 Å². The minimum Gasteiger partial charge on any atom is -0.496 e. The van der Waals surface area contributed by atoms with Gasteiger partial charge in [-0.2, -0.15) is 0 Å². The maximum Gasteiger partial charge on any atom is 0.122 e. The molecular weight excluding hydrogens is 330 g/mol. The van der Waals surface area contributed by atoms with E-state index in [1.165, 1.54) is 28.7 Å². The molecule has 2 heteroatoms. The molecule has 1 atom stereocenters. The second-order valence-electron chi connectivity index (χ2n) is 7.37. The topological polar surface area (TPSA) is 12.5 Å². The molecule has 138 valence electrons. The molecule has 0 N–H and O–H groups in total. The van der Waals surface area contributed by atoms with Crippen LogP contribution >= 0.6 is 0 Å². The molecule has 0 heterocycles. The highest BCUT2D eigenvalue weighted by atomic mass is 16.5. The lowest BCUT2D eigenvalue weighted by Crippen LogP contribution is -2.38. The van der Waals surface area contributed by atoms with Gasteiger partial charge in [0.1, 0.15) is 5.75 Å². The summed E-state index contributed by atoms with van der Waals surface area (Å²) >= 11 is 0. The summed E-state index contributed by atoms with van der Waals surface area (Å²) in [5.41, 5.74) is 5.60. The minimum absolute atomic E-state index is 0.546. The van der Waals surface area contributed by atoms with Gasteiger partial charge in [-0.15, -0.1) is 0 Å². The van der Waals surface area contributed by atoms with Gasteiger partial charge in [0.25, 0.3) is 0 Å². The standard InChI is InChI=1S/C25H27NO/c1-27-25-14-8-13-22-17-23(15-16-24(22)25)26(18-20-9-4-2-5-10-20)19-21-11-6-3-7-12-21/h2-14,23H,15-19H2,1H3/t23-/m1/s1. The number of methoxy groups -OCH3 is 1. The summed E-state index contributed by atoms with van der Waals surface area (Å²) < 4.78 is 5.59. The predicted octanol–water partition coefficient (Wildman–Crippen LogP) is 5.25. The van der Waals surface area contributed by atoms with E-state index in [4.69, 9.17) is 4.74 Å². The fraction of sp³-hybridized carbons (Fsp3) is 0.280. The summed E-state index contributed by atoms with van der Waals surface area (Å²) in [7, 11) is 1.78. The number of ether oxygens (including phenoxy) is 1. The van der Waals surface area contributed by atoms with E-state index in [-0.39, 0.29) is 0 Å². The second-order valence-corrected chi connectivity index (χ2v) is 7.37.